The van der Waals surface area contributed by atoms with Gasteiger partial charge in [-0.25, -0.2) is 9.18 Å². The Bertz CT molecular complexity index is 1240. The van der Waals surface area contributed by atoms with E-state index >= 15 is 0 Å². The Labute approximate surface area is 193 Å². The van der Waals surface area contributed by atoms with Gasteiger partial charge in [0.15, 0.2) is 17.1 Å². The number of imide groups is 1. The lowest BCUT2D eigenvalue weighted by Crippen LogP contribution is -2.52. The first-order chi connectivity index (χ1) is 16.2. The van der Waals surface area contributed by atoms with Crippen molar-refractivity contribution in [3.63, 3.8) is 0 Å². The topological polar surface area (TPSA) is 156 Å². The summed E-state index contributed by atoms with van der Waals surface area (Å²) in [5.74, 6) is -2.20. The van der Waals surface area contributed by atoms with E-state index in [0.717, 1.165) is 0 Å². The van der Waals surface area contributed by atoms with Crippen LogP contribution in [0.5, 0.6) is 5.75 Å². The highest BCUT2D eigenvalue weighted by Crippen LogP contribution is 2.35. The van der Waals surface area contributed by atoms with E-state index in [1.807, 2.05) is 0 Å². The molecule has 0 bridgehead atoms. The zero-order valence-corrected chi connectivity index (χ0v) is 18.4. The number of rotatable bonds is 8. The van der Waals surface area contributed by atoms with Crippen LogP contribution >= 0.6 is 0 Å². The van der Waals surface area contributed by atoms with Crippen LogP contribution in [-0.2, 0) is 28.2 Å². The Morgan fingerprint density at radius 2 is 2.15 bits per heavy atom. The van der Waals surface area contributed by atoms with Gasteiger partial charge in [0.05, 0.1) is 32.2 Å². The SMILES string of the molecule is COc1ccc2c(c1F)C(=O)N(C[C@@]1(c3cc(CN=CCC(N)=O)c(C)o3)NC(=O)NC1=O)C2. The summed E-state index contributed by atoms with van der Waals surface area (Å²) < 4.78 is 25.5. The number of amides is 5. The molecule has 0 aliphatic carbocycles. The summed E-state index contributed by atoms with van der Waals surface area (Å²) in [4.78, 5) is 54.3. The Kier molecular flexibility index (Phi) is 5.82. The van der Waals surface area contributed by atoms with Crippen molar-refractivity contribution < 1.29 is 32.7 Å². The highest BCUT2D eigenvalue weighted by Gasteiger charge is 2.53. The number of primary amides is 1. The number of fused-ring (bicyclic) bond motifs is 1. The molecule has 0 saturated carbocycles. The number of aliphatic imine (C=N–C) groups is 1. The Balaban J connectivity index is 1.64. The molecule has 1 aromatic carbocycles. The molecule has 3 heterocycles. The van der Waals surface area contributed by atoms with Crippen molar-refractivity contribution in [3.05, 3.63) is 52.2 Å². The molecule has 12 heteroatoms. The second-order valence-electron chi connectivity index (χ2n) is 7.98. The number of aryl methyl sites for hydroxylation is 1. The van der Waals surface area contributed by atoms with Crippen molar-refractivity contribution in [2.24, 2.45) is 10.7 Å². The summed E-state index contributed by atoms with van der Waals surface area (Å²) in [5, 5.41) is 4.74. The maximum atomic E-state index is 14.7. The second kappa shape index (κ2) is 8.61. The third kappa shape index (κ3) is 3.87. The van der Waals surface area contributed by atoms with Gasteiger partial charge in [0.2, 0.25) is 5.91 Å². The van der Waals surface area contributed by atoms with Gasteiger partial charge in [-0.05, 0) is 24.6 Å². The number of nitrogens with one attached hydrogen (secondary N) is 2. The van der Waals surface area contributed by atoms with Gasteiger partial charge in [-0.2, -0.15) is 0 Å². The van der Waals surface area contributed by atoms with Crippen molar-refractivity contribution in [1.82, 2.24) is 15.5 Å². The molecule has 0 radical (unpaired) electrons. The molecule has 4 rings (SSSR count). The third-order valence-electron chi connectivity index (χ3n) is 5.77. The summed E-state index contributed by atoms with van der Waals surface area (Å²) in [7, 11) is 1.30. The average Bonchev–Trinajstić information content (AvgIpc) is 3.40. The van der Waals surface area contributed by atoms with E-state index in [0.29, 0.717) is 16.9 Å². The summed E-state index contributed by atoms with van der Waals surface area (Å²) in [6.07, 6.45) is 1.35. The zero-order valence-electron chi connectivity index (χ0n) is 18.4. The van der Waals surface area contributed by atoms with Crippen molar-refractivity contribution >= 4 is 30.0 Å². The van der Waals surface area contributed by atoms with Crippen LogP contribution in [0, 0.1) is 12.7 Å². The van der Waals surface area contributed by atoms with Gasteiger partial charge in [-0.15, -0.1) is 0 Å². The van der Waals surface area contributed by atoms with E-state index in [1.54, 1.807) is 19.1 Å². The molecular weight excluding hydrogens is 449 g/mol. The number of carbonyl (C=O) groups is 4. The third-order valence-corrected chi connectivity index (χ3v) is 5.77. The van der Waals surface area contributed by atoms with Crippen molar-refractivity contribution in [3.8, 4) is 5.75 Å². The highest BCUT2D eigenvalue weighted by atomic mass is 19.1. The number of nitrogens with zero attached hydrogens (tertiary/aromatic N) is 2. The second-order valence-corrected chi connectivity index (χ2v) is 7.98. The van der Waals surface area contributed by atoms with Crippen LogP contribution in [0.25, 0.3) is 0 Å². The first kappa shape index (κ1) is 23.0. The number of hydrogen-bond acceptors (Lipinski definition) is 7. The van der Waals surface area contributed by atoms with Gasteiger partial charge in [0, 0.05) is 18.3 Å². The molecule has 4 N–H and O–H groups in total. The Hall–Kier alpha value is -4.22. The largest absolute Gasteiger partial charge is 0.494 e. The van der Waals surface area contributed by atoms with Crippen molar-refractivity contribution in [1.29, 1.82) is 0 Å². The van der Waals surface area contributed by atoms with Crippen LogP contribution in [0.2, 0.25) is 0 Å². The van der Waals surface area contributed by atoms with Crippen LogP contribution in [0.15, 0.2) is 27.6 Å². The normalized spacial score (nSPS) is 19.5. The van der Waals surface area contributed by atoms with E-state index in [-0.39, 0.29) is 43.1 Å². The van der Waals surface area contributed by atoms with Gasteiger partial charge in [-0.3, -0.25) is 24.7 Å². The molecular formula is C22H22FN5O6. The molecule has 11 nitrogen and oxygen atoms in total. The van der Waals surface area contributed by atoms with Crippen LogP contribution in [-0.4, -0.2) is 48.5 Å². The minimum absolute atomic E-state index is 0.0227. The number of nitrogens with two attached hydrogens (primary N) is 1. The number of furan rings is 1. The molecule has 1 fully saturated rings. The summed E-state index contributed by atoms with van der Waals surface area (Å²) >= 11 is 0. The predicted octanol–water partition coefficient (Wildman–Crippen LogP) is 0.873. The summed E-state index contributed by atoms with van der Waals surface area (Å²) in [6, 6.07) is 3.80. The summed E-state index contributed by atoms with van der Waals surface area (Å²) in [5.41, 5.74) is 4.26. The first-order valence-corrected chi connectivity index (χ1v) is 10.3. The maximum absolute atomic E-state index is 14.7. The van der Waals surface area contributed by atoms with E-state index in [2.05, 4.69) is 15.6 Å². The Morgan fingerprint density at radius 3 is 2.79 bits per heavy atom. The van der Waals surface area contributed by atoms with Gasteiger partial charge in [0.1, 0.15) is 11.5 Å². The first-order valence-electron chi connectivity index (χ1n) is 10.3. The smallest absolute Gasteiger partial charge is 0.322 e. The molecule has 0 unspecified atom stereocenters. The van der Waals surface area contributed by atoms with Gasteiger partial charge in [0.25, 0.3) is 11.8 Å². The maximum Gasteiger partial charge on any atom is 0.322 e. The van der Waals surface area contributed by atoms with E-state index < -0.39 is 35.1 Å². The van der Waals surface area contributed by atoms with Gasteiger partial charge >= 0.3 is 6.03 Å². The number of ether oxygens (including phenoxy) is 1. The number of benzene rings is 1. The van der Waals surface area contributed by atoms with E-state index in [9.17, 15) is 23.6 Å². The minimum atomic E-state index is -1.73. The molecule has 34 heavy (non-hydrogen) atoms. The highest BCUT2D eigenvalue weighted by molar-refractivity contribution is 6.08. The molecule has 178 valence electrons. The van der Waals surface area contributed by atoms with Crippen LogP contribution in [0.3, 0.4) is 0 Å². The monoisotopic (exact) mass is 471 g/mol. The molecule has 1 aromatic heterocycles. The molecule has 5 amide bonds. The fourth-order valence-electron chi connectivity index (χ4n) is 4.03. The number of hydrogen-bond donors (Lipinski definition) is 3. The number of urea groups is 1. The van der Waals surface area contributed by atoms with Crippen molar-refractivity contribution in [2.45, 2.75) is 32.0 Å². The van der Waals surface area contributed by atoms with Crippen LogP contribution in [0.1, 0.15) is 39.4 Å². The fourth-order valence-corrected chi connectivity index (χ4v) is 4.03. The molecule has 1 saturated heterocycles. The lowest BCUT2D eigenvalue weighted by Gasteiger charge is -2.29. The molecule has 2 aromatic rings. The van der Waals surface area contributed by atoms with E-state index in [4.69, 9.17) is 14.9 Å². The molecule has 2 aliphatic rings. The van der Waals surface area contributed by atoms with E-state index in [1.165, 1.54) is 24.3 Å². The van der Waals surface area contributed by atoms with Gasteiger partial charge in [-0.1, -0.05) is 6.07 Å². The fraction of sp³-hybridized carbons (Fsp3) is 0.318. The number of halogens is 1. The standard InChI is InChI=1S/C22H22FN5O6/c1-11-13(8-25-6-5-16(24)29)7-15(34-11)22(20(31)26-21(32)27-22)10-28-9-12-3-4-14(33-2)18(23)17(12)19(28)30/h3-4,6-7H,5,8-10H2,1-2H3,(H2,24,29)(H2,26,27,31,32)/t22-/m0/s1. The molecule has 0 spiro atoms. The Morgan fingerprint density at radius 1 is 1.38 bits per heavy atom. The summed E-state index contributed by atoms with van der Waals surface area (Å²) in [6.45, 7) is 1.54. The molecule has 1 atom stereocenters. The quantitative estimate of drug-likeness (QED) is 0.383. The van der Waals surface area contributed by atoms with Crippen molar-refractivity contribution in [2.75, 3.05) is 13.7 Å². The predicted molar refractivity (Wildman–Crippen MR) is 115 cm³/mol. The lowest BCUT2D eigenvalue weighted by molar-refractivity contribution is -0.125. The number of methoxy groups -OCH3 is 1. The lowest BCUT2D eigenvalue weighted by atomic mass is 9.95. The zero-order chi connectivity index (χ0) is 24.6. The van der Waals surface area contributed by atoms with Gasteiger partial charge < -0.3 is 25.1 Å². The van der Waals surface area contributed by atoms with Crippen LogP contribution in [0.4, 0.5) is 9.18 Å². The average molecular weight is 471 g/mol. The van der Waals surface area contributed by atoms with Crippen LogP contribution < -0.4 is 21.1 Å². The molecule has 2 aliphatic heterocycles. The minimum Gasteiger partial charge on any atom is -0.494 e. The number of carbonyl (C=O) groups excluding carboxylic acids is 4.